The maximum absolute atomic E-state index is 9.18. The van der Waals surface area contributed by atoms with Crippen LogP contribution < -0.4 is 5.32 Å². The zero-order chi connectivity index (χ0) is 9.30. The van der Waals surface area contributed by atoms with Crippen LogP contribution in [0, 0.1) is 0 Å². The Morgan fingerprint density at radius 2 is 1.50 bits per heavy atom. The molecule has 1 fully saturated rings. The summed E-state index contributed by atoms with van der Waals surface area (Å²) in [7, 11) is 0. The quantitative estimate of drug-likeness (QED) is 0.247. The van der Waals surface area contributed by atoms with Gasteiger partial charge in [0.1, 0.15) is 24.5 Å². The molecule has 0 spiro atoms. The third-order valence-corrected chi connectivity index (χ3v) is 2.02. The molecular weight excluding hydrogens is 166 g/mol. The van der Waals surface area contributed by atoms with E-state index in [0.717, 1.165) is 0 Å². The van der Waals surface area contributed by atoms with Crippen LogP contribution in [0.4, 0.5) is 0 Å². The van der Waals surface area contributed by atoms with E-state index in [-0.39, 0.29) is 0 Å². The lowest BCUT2D eigenvalue weighted by atomic mass is 9.95. The zero-order valence-electron chi connectivity index (χ0n) is 6.33. The summed E-state index contributed by atoms with van der Waals surface area (Å²) in [4.78, 5) is 0. The van der Waals surface area contributed by atoms with Crippen molar-refractivity contribution in [3.8, 4) is 0 Å². The van der Waals surface area contributed by atoms with Crippen LogP contribution in [0.3, 0.4) is 0 Å². The van der Waals surface area contributed by atoms with Crippen LogP contribution in [-0.2, 0) is 0 Å². The molecule has 12 heavy (non-hydrogen) atoms. The van der Waals surface area contributed by atoms with E-state index in [9.17, 15) is 5.11 Å². The van der Waals surface area contributed by atoms with Crippen molar-refractivity contribution >= 4 is 0 Å². The van der Waals surface area contributed by atoms with Gasteiger partial charge in [0, 0.05) is 0 Å². The van der Waals surface area contributed by atoms with E-state index in [0.29, 0.717) is 0 Å². The molecule has 1 rings (SSSR count). The first kappa shape index (κ1) is 9.85. The fourth-order valence-corrected chi connectivity index (χ4v) is 1.20. The van der Waals surface area contributed by atoms with E-state index in [1.54, 1.807) is 0 Å². The normalized spacial score (nSPS) is 49.2. The predicted molar refractivity (Wildman–Crippen MR) is 38.0 cm³/mol. The Morgan fingerprint density at radius 3 is 2.00 bits per heavy atom. The molecule has 1 aliphatic rings. The minimum absolute atomic E-state index is 0.415. The van der Waals surface area contributed by atoms with Gasteiger partial charge in [0.15, 0.2) is 0 Å². The minimum Gasteiger partial charge on any atom is -0.395 e. The van der Waals surface area contributed by atoms with Crippen LogP contribution in [0.15, 0.2) is 0 Å². The molecule has 0 aromatic carbocycles. The number of hydrogen-bond donors (Lipinski definition) is 6. The average Bonchev–Trinajstić information content (AvgIpc) is 2.08. The molecular formula is C6H13NO5. The van der Waals surface area contributed by atoms with Crippen molar-refractivity contribution in [2.45, 2.75) is 30.6 Å². The second-order valence-corrected chi connectivity index (χ2v) is 2.87. The number of hydrogen-bond acceptors (Lipinski definition) is 6. The van der Waals surface area contributed by atoms with E-state index in [1.165, 1.54) is 0 Å². The Bertz CT molecular complexity index is 150. The Balaban J connectivity index is 2.63. The maximum atomic E-state index is 9.18. The summed E-state index contributed by atoms with van der Waals surface area (Å²) in [6.07, 6.45) is -5.45. The molecule has 6 nitrogen and oxygen atoms in total. The number of nitrogens with one attached hydrogen (secondary N) is 1. The molecule has 1 unspecified atom stereocenters. The van der Waals surface area contributed by atoms with Gasteiger partial charge in [-0.15, -0.1) is 0 Å². The fraction of sp³-hybridized carbons (Fsp3) is 1.00. The van der Waals surface area contributed by atoms with Gasteiger partial charge in [0.25, 0.3) is 0 Å². The van der Waals surface area contributed by atoms with Crippen molar-refractivity contribution < 1.29 is 25.5 Å². The van der Waals surface area contributed by atoms with Crippen molar-refractivity contribution in [1.29, 1.82) is 0 Å². The molecule has 1 aliphatic heterocycles. The second kappa shape index (κ2) is 3.65. The lowest BCUT2D eigenvalue weighted by Crippen LogP contribution is -2.65. The lowest BCUT2D eigenvalue weighted by molar-refractivity contribution is -0.161. The summed E-state index contributed by atoms with van der Waals surface area (Å²) in [5, 5.41) is 47.3. The van der Waals surface area contributed by atoms with Crippen LogP contribution in [0.25, 0.3) is 0 Å². The van der Waals surface area contributed by atoms with Crippen LogP contribution in [0.2, 0.25) is 0 Å². The van der Waals surface area contributed by atoms with Gasteiger partial charge in [-0.2, -0.15) is 0 Å². The van der Waals surface area contributed by atoms with Crippen LogP contribution in [0.5, 0.6) is 0 Å². The second-order valence-electron chi connectivity index (χ2n) is 2.87. The minimum atomic E-state index is -1.43. The molecule has 6 N–H and O–H groups in total. The van der Waals surface area contributed by atoms with E-state index in [4.69, 9.17) is 20.4 Å². The molecule has 0 saturated carbocycles. The summed E-state index contributed by atoms with van der Waals surface area (Å²) in [6, 6.07) is -0.807. The predicted octanol–water partition coefficient (Wildman–Crippen LogP) is -3.65. The van der Waals surface area contributed by atoms with Crippen molar-refractivity contribution in [2.75, 3.05) is 6.61 Å². The summed E-state index contributed by atoms with van der Waals surface area (Å²) in [6.45, 7) is -0.415. The Hall–Kier alpha value is -0.240. The molecule has 0 aliphatic carbocycles. The smallest absolute Gasteiger partial charge is 0.134 e. The van der Waals surface area contributed by atoms with Gasteiger partial charge < -0.3 is 25.5 Å². The zero-order valence-corrected chi connectivity index (χ0v) is 6.33. The molecule has 0 bridgehead atoms. The largest absolute Gasteiger partial charge is 0.395 e. The van der Waals surface area contributed by atoms with E-state index >= 15 is 0 Å². The Labute approximate surface area is 69.1 Å². The molecule has 1 heterocycles. The molecule has 0 radical (unpaired) electrons. The highest BCUT2D eigenvalue weighted by Crippen LogP contribution is 2.13. The lowest BCUT2D eigenvalue weighted by Gasteiger charge is -2.38. The van der Waals surface area contributed by atoms with E-state index in [1.807, 2.05) is 0 Å². The van der Waals surface area contributed by atoms with Gasteiger partial charge in [-0.25, -0.2) is 0 Å². The SMILES string of the molecule is OC[C@H]1NC(O)[C@H](O)[C@@H](O)[C@H]1O. The van der Waals surface area contributed by atoms with Gasteiger partial charge in [-0.3, -0.25) is 5.32 Å². The molecule has 72 valence electrons. The monoisotopic (exact) mass is 179 g/mol. The topological polar surface area (TPSA) is 113 Å². The van der Waals surface area contributed by atoms with Crippen molar-refractivity contribution in [3.63, 3.8) is 0 Å². The Kier molecular flexibility index (Phi) is 2.99. The van der Waals surface area contributed by atoms with Crippen molar-refractivity contribution in [2.24, 2.45) is 0 Å². The number of rotatable bonds is 1. The fourth-order valence-electron chi connectivity index (χ4n) is 1.20. The van der Waals surface area contributed by atoms with E-state index in [2.05, 4.69) is 5.32 Å². The maximum Gasteiger partial charge on any atom is 0.134 e. The summed E-state index contributed by atoms with van der Waals surface area (Å²) >= 11 is 0. The number of piperidine rings is 1. The first-order valence-electron chi connectivity index (χ1n) is 3.67. The van der Waals surface area contributed by atoms with Gasteiger partial charge in [0.2, 0.25) is 0 Å². The number of aliphatic hydroxyl groups excluding tert-OH is 5. The molecule has 0 aromatic heterocycles. The molecule has 1 saturated heterocycles. The standard InChI is InChI=1S/C6H13NO5/c8-1-2-3(9)4(10)5(11)6(12)7-2/h2-12H,1H2/t2-,3+,4+,5-,6?/m1/s1. The first-order chi connectivity index (χ1) is 5.57. The van der Waals surface area contributed by atoms with Gasteiger partial charge in [0.05, 0.1) is 12.6 Å². The van der Waals surface area contributed by atoms with Crippen LogP contribution in [-0.4, -0.2) is 62.7 Å². The van der Waals surface area contributed by atoms with E-state index < -0.39 is 37.2 Å². The van der Waals surface area contributed by atoms with Crippen molar-refractivity contribution in [1.82, 2.24) is 5.32 Å². The molecule has 0 aromatic rings. The Morgan fingerprint density at radius 1 is 0.917 bits per heavy atom. The highest BCUT2D eigenvalue weighted by molar-refractivity contribution is 4.93. The van der Waals surface area contributed by atoms with Crippen molar-refractivity contribution in [3.05, 3.63) is 0 Å². The third-order valence-electron chi connectivity index (χ3n) is 2.02. The summed E-state index contributed by atoms with van der Waals surface area (Å²) < 4.78 is 0. The molecule has 5 atom stereocenters. The van der Waals surface area contributed by atoms with Crippen LogP contribution in [0.1, 0.15) is 0 Å². The molecule has 6 heteroatoms. The summed E-state index contributed by atoms with van der Waals surface area (Å²) in [5.74, 6) is 0. The van der Waals surface area contributed by atoms with Gasteiger partial charge in [-0.05, 0) is 0 Å². The van der Waals surface area contributed by atoms with Gasteiger partial charge in [-0.1, -0.05) is 0 Å². The first-order valence-corrected chi connectivity index (χ1v) is 3.67. The van der Waals surface area contributed by atoms with Crippen LogP contribution >= 0.6 is 0 Å². The average molecular weight is 179 g/mol. The highest BCUT2D eigenvalue weighted by atomic mass is 16.4. The van der Waals surface area contributed by atoms with Gasteiger partial charge >= 0.3 is 0 Å². The summed E-state index contributed by atoms with van der Waals surface area (Å²) in [5.41, 5.74) is 0. The third kappa shape index (κ3) is 1.58. The molecule has 0 amide bonds. The number of aliphatic hydroxyl groups is 5. The highest BCUT2D eigenvalue weighted by Gasteiger charge is 2.40.